The second-order valence-electron chi connectivity index (χ2n) is 5.63. The molecule has 2 rings (SSSR count). The van der Waals surface area contributed by atoms with Crippen LogP contribution < -0.4 is 10.6 Å². The highest BCUT2D eigenvalue weighted by Crippen LogP contribution is 2.20. The molecular weight excluding hydrogens is 335 g/mol. The number of nitrogens with one attached hydrogen (secondary N) is 2. The Hall–Kier alpha value is -2.68. The number of hydrogen-bond donors (Lipinski definition) is 2. The predicted molar refractivity (Wildman–Crippen MR) is 88.1 cm³/mol. The number of amides is 1. The minimum atomic E-state index is -1.65. The number of rotatable bonds is 6. The Kier molecular flexibility index (Phi) is 5.92. The van der Waals surface area contributed by atoms with E-state index in [4.69, 9.17) is 0 Å². The normalized spacial score (nSPS) is 10.8. The quantitative estimate of drug-likeness (QED) is 0.781. The molecule has 1 aromatic heterocycles. The van der Waals surface area contributed by atoms with Crippen LogP contribution >= 0.6 is 0 Å². The van der Waals surface area contributed by atoms with Crippen molar-refractivity contribution in [2.75, 3.05) is 37.8 Å². The van der Waals surface area contributed by atoms with Crippen LogP contribution in [-0.4, -0.2) is 48.0 Å². The summed E-state index contributed by atoms with van der Waals surface area (Å²) in [6.45, 7) is 2.97. The molecule has 134 valence electrons. The molecular formula is C16H18F3N5O. The third-order valence-corrected chi connectivity index (χ3v) is 3.21. The summed E-state index contributed by atoms with van der Waals surface area (Å²) in [5.74, 6) is -4.96. The van der Waals surface area contributed by atoms with Crippen LogP contribution in [0.5, 0.6) is 0 Å². The minimum Gasteiger partial charge on any atom is -0.353 e. The van der Waals surface area contributed by atoms with E-state index in [2.05, 4.69) is 20.6 Å². The molecule has 0 aliphatic carbocycles. The van der Waals surface area contributed by atoms with Crippen LogP contribution in [0.25, 0.3) is 0 Å². The number of nitrogens with zero attached hydrogens (tertiary/aromatic N) is 3. The number of likely N-dealkylation sites (N-methyl/N-ethyl adjacent to an activating group) is 1. The van der Waals surface area contributed by atoms with Crippen molar-refractivity contribution in [1.82, 2.24) is 14.9 Å². The second kappa shape index (κ2) is 7.93. The van der Waals surface area contributed by atoms with E-state index in [-0.39, 0.29) is 11.6 Å². The van der Waals surface area contributed by atoms with Crippen molar-refractivity contribution < 1.29 is 18.0 Å². The van der Waals surface area contributed by atoms with Gasteiger partial charge >= 0.3 is 0 Å². The van der Waals surface area contributed by atoms with Gasteiger partial charge < -0.3 is 15.5 Å². The highest BCUT2D eigenvalue weighted by atomic mass is 19.2. The van der Waals surface area contributed by atoms with Crippen LogP contribution in [0.15, 0.2) is 18.2 Å². The maximum Gasteiger partial charge on any atom is 0.274 e. The van der Waals surface area contributed by atoms with E-state index in [1.807, 2.05) is 19.0 Å². The van der Waals surface area contributed by atoms with Crippen molar-refractivity contribution in [3.05, 3.63) is 47.0 Å². The fourth-order valence-electron chi connectivity index (χ4n) is 1.96. The zero-order chi connectivity index (χ0) is 18.6. The number of halogens is 3. The summed E-state index contributed by atoms with van der Waals surface area (Å²) in [4.78, 5) is 22.4. The molecule has 0 fully saturated rings. The van der Waals surface area contributed by atoms with Gasteiger partial charge in [0.1, 0.15) is 5.69 Å². The number of anilines is 2. The maximum atomic E-state index is 13.7. The monoisotopic (exact) mass is 353 g/mol. The summed E-state index contributed by atoms with van der Waals surface area (Å²) in [5.41, 5.74) is 0.0320. The lowest BCUT2D eigenvalue weighted by molar-refractivity contribution is 0.102. The van der Waals surface area contributed by atoms with Crippen molar-refractivity contribution in [2.24, 2.45) is 0 Å². The highest BCUT2D eigenvalue weighted by molar-refractivity contribution is 6.03. The Morgan fingerprint density at radius 2 is 1.88 bits per heavy atom. The standard InChI is InChI=1S/C16H18F3N5O/c1-9-8-12(23-16(21-9)20-6-7-24(2)3)15(25)22-11-5-4-10(17)13(18)14(11)19/h4-5,8H,6-7H2,1-3H3,(H,22,25)(H,20,21,23). The number of carbonyl (C=O) groups is 1. The Bertz CT molecular complexity index is 783. The molecule has 25 heavy (non-hydrogen) atoms. The lowest BCUT2D eigenvalue weighted by Crippen LogP contribution is -2.22. The van der Waals surface area contributed by atoms with Crippen molar-refractivity contribution in [3.8, 4) is 0 Å². The second-order valence-corrected chi connectivity index (χ2v) is 5.63. The lowest BCUT2D eigenvalue weighted by atomic mass is 10.2. The van der Waals surface area contributed by atoms with Gasteiger partial charge in [-0.1, -0.05) is 0 Å². The average Bonchev–Trinajstić information content (AvgIpc) is 2.54. The molecule has 6 nitrogen and oxygen atoms in total. The van der Waals surface area contributed by atoms with Gasteiger partial charge in [0.2, 0.25) is 5.95 Å². The first-order valence-electron chi connectivity index (χ1n) is 7.47. The molecule has 0 spiro atoms. The van der Waals surface area contributed by atoms with Crippen molar-refractivity contribution in [3.63, 3.8) is 0 Å². The summed E-state index contributed by atoms with van der Waals surface area (Å²) >= 11 is 0. The first-order valence-corrected chi connectivity index (χ1v) is 7.47. The Morgan fingerprint density at radius 3 is 2.56 bits per heavy atom. The van der Waals surface area contributed by atoms with Crippen LogP contribution in [0.4, 0.5) is 24.8 Å². The fraction of sp³-hybridized carbons (Fsp3) is 0.312. The first-order chi connectivity index (χ1) is 11.8. The van der Waals surface area contributed by atoms with E-state index in [1.165, 1.54) is 6.07 Å². The number of carbonyl (C=O) groups excluding carboxylic acids is 1. The van der Waals surface area contributed by atoms with Gasteiger partial charge in [0.05, 0.1) is 5.69 Å². The van der Waals surface area contributed by atoms with Crippen LogP contribution in [0.2, 0.25) is 0 Å². The number of aryl methyl sites for hydroxylation is 1. The third kappa shape index (κ3) is 4.90. The van der Waals surface area contributed by atoms with Gasteiger partial charge in [-0.3, -0.25) is 4.79 Å². The highest BCUT2D eigenvalue weighted by Gasteiger charge is 2.17. The van der Waals surface area contributed by atoms with E-state index in [0.29, 0.717) is 12.2 Å². The summed E-state index contributed by atoms with van der Waals surface area (Å²) in [6, 6.07) is 3.08. The first kappa shape index (κ1) is 18.7. The summed E-state index contributed by atoms with van der Waals surface area (Å²) < 4.78 is 39.8. The van der Waals surface area contributed by atoms with E-state index < -0.39 is 29.0 Å². The van der Waals surface area contributed by atoms with Gasteiger partial charge in [-0.15, -0.1) is 0 Å². The van der Waals surface area contributed by atoms with Crippen molar-refractivity contribution in [1.29, 1.82) is 0 Å². The lowest BCUT2D eigenvalue weighted by Gasteiger charge is -2.12. The number of hydrogen-bond acceptors (Lipinski definition) is 5. The predicted octanol–water partition coefficient (Wildman–Crippen LogP) is 2.43. The molecule has 0 atom stereocenters. The molecule has 9 heteroatoms. The topological polar surface area (TPSA) is 70.2 Å². The van der Waals surface area contributed by atoms with Crippen LogP contribution in [0.3, 0.4) is 0 Å². The number of aromatic nitrogens is 2. The number of benzene rings is 1. The van der Waals surface area contributed by atoms with Gasteiger partial charge in [-0.2, -0.15) is 0 Å². The summed E-state index contributed by atoms with van der Waals surface area (Å²) in [5, 5.41) is 5.15. The Morgan fingerprint density at radius 1 is 1.16 bits per heavy atom. The van der Waals surface area contributed by atoms with Crippen LogP contribution in [0, 0.1) is 24.4 Å². The molecule has 0 aliphatic heterocycles. The van der Waals surface area contributed by atoms with Gasteiger partial charge in [0.25, 0.3) is 5.91 Å². The molecule has 1 heterocycles. The molecule has 2 aromatic rings. The SMILES string of the molecule is Cc1cc(C(=O)Nc2ccc(F)c(F)c2F)nc(NCCN(C)C)n1. The van der Waals surface area contributed by atoms with Gasteiger partial charge in [0, 0.05) is 18.8 Å². The van der Waals surface area contributed by atoms with E-state index in [9.17, 15) is 18.0 Å². The molecule has 0 unspecified atom stereocenters. The molecule has 1 aromatic carbocycles. The Balaban J connectivity index is 2.16. The molecule has 2 N–H and O–H groups in total. The summed E-state index contributed by atoms with van der Waals surface area (Å²) in [7, 11) is 3.82. The maximum absolute atomic E-state index is 13.7. The summed E-state index contributed by atoms with van der Waals surface area (Å²) in [6.07, 6.45) is 0. The smallest absolute Gasteiger partial charge is 0.274 e. The van der Waals surface area contributed by atoms with E-state index >= 15 is 0 Å². The van der Waals surface area contributed by atoms with Crippen molar-refractivity contribution in [2.45, 2.75) is 6.92 Å². The van der Waals surface area contributed by atoms with Crippen molar-refractivity contribution >= 4 is 17.5 Å². The van der Waals surface area contributed by atoms with Gasteiger partial charge in [0.15, 0.2) is 17.5 Å². The molecule has 0 aliphatic rings. The van der Waals surface area contributed by atoms with Gasteiger partial charge in [-0.05, 0) is 39.2 Å². The molecule has 0 bridgehead atoms. The van der Waals surface area contributed by atoms with E-state index in [0.717, 1.165) is 18.7 Å². The fourth-order valence-corrected chi connectivity index (χ4v) is 1.96. The zero-order valence-corrected chi connectivity index (χ0v) is 14.0. The zero-order valence-electron chi connectivity index (χ0n) is 14.0. The van der Waals surface area contributed by atoms with Crippen LogP contribution in [0.1, 0.15) is 16.2 Å². The van der Waals surface area contributed by atoms with E-state index in [1.54, 1.807) is 6.92 Å². The average molecular weight is 353 g/mol. The molecule has 0 radical (unpaired) electrons. The molecule has 0 saturated carbocycles. The molecule has 1 amide bonds. The Labute approximate surface area is 143 Å². The minimum absolute atomic E-state index is 0.0241. The molecule has 0 saturated heterocycles. The third-order valence-electron chi connectivity index (χ3n) is 3.21. The largest absolute Gasteiger partial charge is 0.353 e. The van der Waals surface area contributed by atoms with Gasteiger partial charge in [-0.25, -0.2) is 23.1 Å². The van der Waals surface area contributed by atoms with Crippen LogP contribution in [-0.2, 0) is 0 Å².